The van der Waals surface area contributed by atoms with Gasteiger partial charge in [-0.15, -0.1) is 6.42 Å². The molecule has 2 aromatic rings. The van der Waals surface area contributed by atoms with E-state index in [1.165, 1.54) is 0 Å². The lowest BCUT2D eigenvalue weighted by molar-refractivity contribution is 0.215. The molecule has 0 atom stereocenters. The minimum absolute atomic E-state index is 0.496. The second-order valence-corrected chi connectivity index (χ2v) is 3.55. The van der Waals surface area contributed by atoms with E-state index < -0.39 is 6.09 Å². The summed E-state index contributed by atoms with van der Waals surface area (Å²) in [5.74, 6) is 3.00. The number of benzene rings is 2. The van der Waals surface area contributed by atoms with Crippen LogP contribution in [0, 0.1) is 12.3 Å². The van der Waals surface area contributed by atoms with Crippen LogP contribution in [-0.2, 0) is 0 Å². The van der Waals surface area contributed by atoms with Crippen molar-refractivity contribution >= 4 is 11.8 Å². The highest BCUT2D eigenvalue weighted by Crippen LogP contribution is 2.12. The number of terminal acetylenes is 1. The van der Waals surface area contributed by atoms with Crippen molar-refractivity contribution in [2.45, 2.75) is 0 Å². The zero-order valence-electron chi connectivity index (χ0n) is 9.59. The van der Waals surface area contributed by atoms with Crippen LogP contribution in [-0.4, -0.2) is 6.09 Å². The van der Waals surface area contributed by atoms with Crippen molar-refractivity contribution in [3.8, 4) is 18.1 Å². The van der Waals surface area contributed by atoms with Gasteiger partial charge >= 0.3 is 6.09 Å². The molecule has 0 aliphatic rings. The van der Waals surface area contributed by atoms with Crippen LogP contribution in [0.5, 0.6) is 5.75 Å². The van der Waals surface area contributed by atoms with E-state index in [0.717, 1.165) is 5.56 Å². The molecule has 1 N–H and O–H groups in total. The normalized spacial score (nSPS) is 9.28. The first-order chi connectivity index (χ1) is 8.78. The first kappa shape index (κ1) is 11.7. The van der Waals surface area contributed by atoms with Crippen LogP contribution in [0.15, 0.2) is 54.6 Å². The van der Waals surface area contributed by atoms with Crippen LogP contribution in [0.25, 0.3) is 0 Å². The summed E-state index contributed by atoms with van der Waals surface area (Å²) in [5, 5.41) is 2.61. The molecule has 1 amide bonds. The number of hydrogen-bond acceptors (Lipinski definition) is 2. The molecular formula is C15H11NO2. The van der Waals surface area contributed by atoms with Crippen molar-refractivity contribution in [3.63, 3.8) is 0 Å². The van der Waals surface area contributed by atoms with Gasteiger partial charge in [0.25, 0.3) is 0 Å². The highest BCUT2D eigenvalue weighted by Gasteiger charge is 2.04. The number of amides is 1. The topological polar surface area (TPSA) is 38.3 Å². The molecule has 0 saturated carbocycles. The lowest BCUT2D eigenvalue weighted by Crippen LogP contribution is -2.16. The monoisotopic (exact) mass is 237 g/mol. The van der Waals surface area contributed by atoms with E-state index >= 15 is 0 Å². The molecule has 2 rings (SSSR count). The molecular weight excluding hydrogens is 226 g/mol. The van der Waals surface area contributed by atoms with Crippen molar-refractivity contribution in [2.24, 2.45) is 0 Å². The van der Waals surface area contributed by atoms with Gasteiger partial charge in [0.2, 0.25) is 0 Å². The summed E-state index contributed by atoms with van der Waals surface area (Å²) in [6.07, 6.45) is 4.71. The molecule has 0 radical (unpaired) electrons. The first-order valence-corrected chi connectivity index (χ1v) is 5.38. The first-order valence-electron chi connectivity index (χ1n) is 5.38. The zero-order valence-corrected chi connectivity index (χ0v) is 9.59. The third kappa shape index (κ3) is 3.13. The van der Waals surface area contributed by atoms with Crippen LogP contribution in [0.1, 0.15) is 5.56 Å². The standard InChI is InChI=1S/C15H11NO2/c1-2-12-8-10-13(11-9-12)16-15(17)18-14-6-4-3-5-7-14/h1,3-11H,(H,16,17). The van der Waals surface area contributed by atoms with E-state index in [9.17, 15) is 4.79 Å². The highest BCUT2D eigenvalue weighted by molar-refractivity contribution is 5.86. The summed E-state index contributed by atoms with van der Waals surface area (Å²) in [4.78, 5) is 11.6. The van der Waals surface area contributed by atoms with E-state index in [1.807, 2.05) is 6.07 Å². The van der Waals surface area contributed by atoms with Crippen molar-refractivity contribution in [2.75, 3.05) is 5.32 Å². The van der Waals surface area contributed by atoms with E-state index in [0.29, 0.717) is 11.4 Å². The summed E-state index contributed by atoms with van der Waals surface area (Å²) in [5.41, 5.74) is 1.40. The molecule has 3 heteroatoms. The van der Waals surface area contributed by atoms with E-state index in [-0.39, 0.29) is 0 Å². The molecule has 2 aromatic carbocycles. The predicted molar refractivity (Wildman–Crippen MR) is 70.5 cm³/mol. The van der Waals surface area contributed by atoms with Gasteiger partial charge in [-0.3, -0.25) is 5.32 Å². The van der Waals surface area contributed by atoms with E-state index in [2.05, 4.69) is 11.2 Å². The van der Waals surface area contributed by atoms with Crippen LogP contribution in [0.3, 0.4) is 0 Å². The van der Waals surface area contributed by atoms with Crippen molar-refractivity contribution < 1.29 is 9.53 Å². The number of rotatable bonds is 2. The summed E-state index contributed by atoms with van der Waals surface area (Å²) in [7, 11) is 0. The molecule has 0 fully saturated rings. The number of anilines is 1. The number of hydrogen-bond donors (Lipinski definition) is 1. The van der Waals surface area contributed by atoms with Gasteiger partial charge in [0.15, 0.2) is 0 Å². The molecule has 18 heavy (non-hydrogen) atoms. The molecule has 0 bridgehead atoms. The molecule has 3 nitrogen and oxygen atoms in total. The average Bonchev–Trinajstić information content (AvgIpc) is 2.40. The van der Waals surface area contributed by atoms with Gasteiger partial charge in [0.05, 0.1) is 0 Å². The number of para-hydroxylation sites is 1. The van der Waals surface area contributed by atoms with Gasteiger partial charge in [-0.2, -0.15) is 0 Å². The molecule has 0 aromatic heterocycles. The summed E-state index contributed by atoms with van der Waals surface area (Å²) < 4.78 is 5.08. The number of ether oxygens (including phenoxy) is 1. The number of carbonyl (C=O) groups is 1. The maximum absolute atomic E-state index is 11.6. The van der Waals surface area contributed by atoms with Gasteiger partial charge in [0.1, 0.15) is 5.75 Å². The maximum Gasteiger partial charge on any atom is 0.417 e. The molecule has 0 saturated heterocycles. The number of nitrogens with one attached hydrogen (secondary N) is 1. The Bertz CT molecular complexity index is 568. The quantitative estimate of drug-likeness (QED) is 0.814. The smallest absolute Gasteiger partial charge is 0.410 e. The van der Waals surface area contributed by atoms with E-state index in [4.69, 9.17) is 11.2 Å². The fraction of sp³-hybridized carbons (Fsp3) is 0. The Kier molecular flexibility index (Phi) is 3.62. The molecule has 0 unspecified atom stereocenters. The Morgan fingerprint density at radius 3 is 2.33 bits per heavy atom. The van der Waals surface area contributed by atoms with Gasteiger partial charge in [0, 0.05) is 11.3 Å². The SMILES string of the molecule is C#Cc1ccc(NC(=O)Oc2ccccc2)cc1. The Labute approximate surface area is 105 Å². The minimum atomic E-state index is -0.533. The fourth-order valence-electron chi connectivity index (χ4n) is 1.39. The van der Waals surface area contributed by atoms with E-state index in [1.54, 1.807) is 48.5 Å². The molecule has 0 aliphatic carbocycles. The van der Waals surface area contributed by atoms with Crippen LogP contribution >= 0.6 is 0 Å². The van der Waals surface area contributed by atoms with Crippen molar-refractivity contribution in [1.82, 2.24) is 0 Å². The Morgan fingerprint density at radius 2 is 1.72 bits per heavy atom. The summed E-state index contributed by atoms with van der Waals surface area (Å²) in [6.45, 7) is 0. The second-order valence-electron chi connectivity index (χ2n) is 3.55. The lowest BCUT2D eigenvalue weighted by Gasteiger charge is -2.06. The maximum atomic E-state index is 11.6. The molecule has 0 heterocycles. The third-order valence-corrected chi connectivity index (χ3v) is 2.25. The number of carbonyl (C=O) groups excluding carboxylic acids is 1. The Hall–Kier alpha value is -2.73. The minimum Gasteiger partial charge on any atom is -0.410 e. The summed E-state index contributed by atoms with van der Waals surface area (Å²) >= 11 is 0. The van der Waals surface area contributed by atoms with Gasteiger partial charge in [-0.1, -0.05) is 24.1 Å². The average molecular weight is 237 g/mol. The summed E-state index contributed by atoms with van der Waals surface area (Å²) in [6, 6.07) is 15.8. The van der Waals surface area contributed by atoms with Crippen LogP contribution < -0.4 is 10.1 Å². The fourth-order valence-corrected chi connectivity index (χ4v) is 1.39. The van der Waals surface area contributed by atoms with Crippen molar-refractivity contribution in [1.29, 1.82) is 0 Å². The third-order valence-electron chi connectivity index (χ3n) is 2.25. The molecule has 0 spiro atoms. The Morgan fingerprint density at radius 1 is 1.06 bits per heavy atom. The second kappa shape index (κ2) is 5.55. The van der Waals surface area contributed by atoms with Gasteiger partial charge < -0.3 is 4.74 Å². The van der Waals surface area contributed by atoms with Crippen LogP contribution in [0.4, 0.5) is 10.5 Å². The largest absolute Gasteiger partial charge is 0.417 e. The molecule has 88 valence electrons. The van der Waals surface area contributed by atoms with Crippen molar-refractivity contribution in [3.05, 3.63) is 60.2 Å². The zero-order chi connectivity index (χ0) is 12.8. The Balaban J connectivity index is 1.97. The van der Waals surface area contributed by atoms with Gasteiger partial charge in [-0.25, -0.2) is 4.79 Å². The highest BCUT2D eigenvalue weighted by atomic mass is 16.6. The molecule has 0 aliphatic heterocycles. The van der Waals surface area contributed by atoms with Crippen LogP contribution in [0.2, 0.25) is 0 Å². The van der Waals surface area contributed by atoms with Gasteiger partial charge in [-0.05, 0) is 36.4 Å². The lowest BCUT2D eigenvalue weighted by atomic mass is 10.2. The predicted octanol–water partition coefficient (Wildman–Crippen LogP) is 3.28.